The van der Waals surface area contributed by atoms with E-state index in [1.165, 1.54) is 6.42 Å². The summed E-state index contributed by atoms with van der Waals surface area (Å²) >= 11 is 0. The number of hydrogen-bond acceptors (Lipinski definition) is 3. The second-order valence-corrected chi connectivity index (χ2v) is 5.13. The summed E-state index contributed by atoms with van der Waals surface area (Å²) in [6, 6.07) is 2.36. The molecule has 3 nitrogen and oxygen atoms in total. The molecule has 3 heteroatoms. The average Bonchev–Trinajstić information content (AvgIpc) is 1.99. The molecule has 4 rings (SSSR count). The van der Waals surface area contributed by atoms with E-state index in [1.54, 1.807) is 0 Å². The zero-order chi connectivity index (χ0) is 9.10. The fourth-order valence-corrected chi connectivity index (χ4v) is 3.83. The summed E-state index contributed by atoms with van der Waals surface area (Å²) in [5.74, 6) is 1.16. The number of hydrogen-bond donors (Lipinski definition) is 2. The van der Waals surface area contributed by atoms with Gasteiger partial charge in [0, 0.05) is 0 Å². The molecule has 2 N–H and O–H groups in total. The van der Waals surface area contributed by atoms with E-state index in [0.717, 1.165) is 25.7 Å². The number of nitrogens with one attached hydrogen (secondary N) is 1. The molecular formula is C10H14N2O. The van der Waals surface area contributed by atoms with E-state index < -0.39 is 11.3 Å². The van der Waals surface area contributed by atoms with Gasteiger partial charge in [-0.25, -0.2) is 0 Å². The molecule has 2 atom stereocenters. The van der Waals surface area contributed by atoms with Crippen molar-refractivity contribution in [1.82, 2.24) is 5.32 Å². The predicted octanol–water partition coefficient (Wildman–Crippen LogP) is 0.751. The summed E-state index contributed by atoms with van der Waals surface area (Å²) in [5, 5.41) is 22.4. The lowest BCUT2D eigenvalue weighted by molar-refractivity contribution is -0.149. The SMILES string of the molecule is N#CC12CC3CC(CC(O)(C3)N1)C2. The predicted molar refractivity (Wildman–Crippen MR) is 46.5 cm³/mol. The van der Waals surface area contributed by atoms with E-state index in [-0.39, 0.29) is 0 Å². The molecular weight excluding hydrogens is 164 g/mol. The zero-order valence-corrected chi connectivity index (χ0v) is 7.58. The maximum atomic E-state index is 10.1. The van der Waals surface area contributed by atoms with Gasteiger partial charge >= 0.3 is 0 Å². The van der Waals surface area contributed by atoms with Crippen LogP contribution in [-0.2, 0) is 0 Å². The standard InChI is InChI=1S/C10H14N2O/c11-6-9-2-7-1-8(3-9)5-10(13,4-7)12-9/h7-8,12-13H,1-5H2. The van der Waals surface area contributed by atoms with E-state index in [0.29, 0.717) is 11.8 Å². The summed E-state index contributed by atoms with van der Waals surface area (Å²) in [5.41, 5.74) is -1.10. The Labute approximate surface area is 77.7 Å². The van der Waals surface area contributed by atoms with Crippen molar-refractivity contribution in [2.45, 2.75) is 43.4 Å². The summed E-state index contributed by atoms with van der Waals surface area (Å²) in [4.78, 5) is 0. The van der Waals surface area contributed by atoms with Crippen molar-refractivity contribution in [3.05, 3.63) is 0 Å². The van der Waals surface area contributed by atoms with Gasteiger partial charge in [0.25, 0.3) is 0 Å². The first-order chi connectivity index (χ1) is 6.13. The quantitative estimate of drug-likeness (QED) is 0.575. The van der Waals surface area contributed by atoms with Crippen molar-refractivity contribution in [1.29, 1.82) is 5.26 Å². The van der Waals surface area contributed by atoms with E-state index >= 15 is 0 Å². The number of rotatable bonds is 0. The minimum atomic E-state index is -0.709. The van der Waals surface area contributed by atoms with Crippen LogP contribution in [0.4, 0.5) is 0 Å². The minimum absolute atomic E-state index is 0.390. The van der Waals surface area contributed by atoms with Gasteiger partial charge < -0.3 is 5.11 Å². The summed E-state index contributed by atoms with van der Waals surface area (Å²) in [6.45, 7) is 0. The molecule has 2 unspecified atom stereocenters. The summed E-state index contributed by atoms with van der Waals surface area (Å²) in [7, 11) is 0. The first kappa shape index (κ1) is 7.78. The highest BCUT2D eigenvalue weighted by Crippen LogP contribution is 2.52. The van der Waals surface area contributed by atoms with Crippen LogP contribution < -0.4 is 5.32 Å². The van der Waals surface area contributed by atoms with Gasteiger partial charge in [0.1, 0.15) is 11.3 Å². The second-order valence-electron chi connectivity index (χ2n) is 5.13. The molecule has 4 bridgehead atoms. The van der Waals surface area contributed by atoms with Crippen LogP contribution in [0.5, 0.6) is 0 Å². The molecule has 4 fully saturated rings. The van der Waals surface area contributed by atoms with Gasteiger partial charge in [0.15, 0.2) is 0 Å². The van der Waals surface area contributed by atoms with Gasteiger partial charge in [-0.3, -0.25) is 5.32 Å². The van der Waals surface area contributed by atoms with Crippen LogP contribution in [-0.4, -0.2) is 16.4 Å². The van der Waals surface area contributed by atoms with Gasteiger partial charge in [-0.1, -0.05) is 0 Å². The first-order valence-electron chi connectivity index (χ1n) is 5.06. The maximum absolute atomic E-state index is 10.1. The lowest BCUT2D eigenvalue weighted by Crippen LogP contribution is -2.70. The van der Waals surface area contributed by atoms with Crippen molar-refractivity contribution in [2.24, 2.45) is 11.8 Å². The third kappa shape index (κ3) is 0.962. The molecule has 70 valence electrons. The Balaban J connectivity index is 2.01. The molecule has 0 aromatic rings. The topological polar surface area (TPSA) is 56.0 Å². The van der Waals surface area contributed by atoms with Crippen molar-refractivity contribution in [2.75, 3.05) is 0 Å². The lowest BCUT2D eigenvalue weighted by atomic mass is 9.58. The van der Waals surface area contributed by atoms with Crippen molar-refractivity contribution >= 4 is 0 Å². The van der Waals surface area contributed by atoms with Crippen molar-refractivity contribution in [3.63, 3.8) is 0 Å². The van der Waals surface area contributed by atoms with Crippen LogP contribution in [0.25, 0.3) is 0 Å². The molecule has 2 aliphatic carbocycles. The summed E-state index contributed by atoms with van der Waals surface area (Å²) in [6.07, 6.45) is 4.83. The fourth-order valence-electron chi connectivity index (χ4n) is 3.83. The molecule has 4 aliphatic rings. The second kappa shape index (κ2) is 2.08. The third-order valence-corrected chi connectivity index (χ3v) is 3.88. The molecule has 0 radical (unpaired) electrons. The number of nitrogens with zero attached hydrogens (tertiary/aromatic N) is 1. The number of aliphatic hydroxyl groups is 1. The smallest absolute Gasteiger partial charge is 0.117 e. The molecule has 0 aromatic heterocycles. The van der Waals surface area contributed by atoms with Crippen LogP contribution in [0.1, 0.15) is 32.1 Å². The van der Waals surface area contributed by atoms with Crippen molar-refractivity contribution in [3.8, 4) is 6.07 Å². The van der Waals surface area contributed by atoms with Crippen LogP contribution in [0.3, 0.4) is 0 Å². The highest BCUT2D eigenvalue weighted by atomic mass is 16.3. The summed E-state index contributed by atoms with van der Waals surface area (Å²) < 4.78 is 0. The first-order valence-corrected chi connectivity index (χ1v) is 5.06. The van der Waals surface area contributed by atoms with Gasteiger partial charge in [-0.15, -0.1) is 0 Å². The van der Waals surface area contributed by atoms with Gasteiger partial charge in [0.05, 0.1) is 6.07 Å². The molecule has 0 spiro atoms. The average molecular weight is 178 g/mol. The van der Waals surface area contributed by atoms with Crippen molar-refractivity contribution < 1.29 is 5.11 Å². The Hall–Kier alpha value is -0.590. The van der Waals surface area contributed by atoms with Gasteiger partial charge in [0.2, 0.25) is 0 Å². The lowest BCUT2D eigenvalue weighted by Gasteiger charge is -2.58. The molecule has 2 aliphatic heterocycles. The Morgan fingerprint density at radius 3 is 2.31 bits per heavy atom. The third-order valence-electron chi connectivity index (χ3n) is 3.88. The Bertz CT molecular complexity index is 280. The Kier molecular flexibility index (Phi) is 1.24. The monoisotopic (exact) mass is 178 g/mol. The number of nitriles is 1. The van der Waals surface area contributed by atoms with E-state index in [2.05, 4.69) is 11.4 Å². The van der Waals surface area contributed by atoms with E-state index in [9.17, 15) is 5.11 Å². The molecule has 2 saturated carbocycles. The Morgan fingerprint density at radius 1 is 1.23 bits per heavy atom. The van der Waals surface area contributed by atoms with Crippen LogP contribution in [0.15, 0.2) is 0 Å². The Morgan fingerprint density at radius 2 is 1.85 bits per heavy atom. The molecule has 13 heavy (non-hydrogen) atoms. The minimum Gasteiger partial charge on any atom is -0.376 e. The molecule has 2 heterocycles. The molecule has 0 amide bonds. The fraction of sp³-hybridized carbons (Fsp3) is 0.900. The van der Waals surface area contributed by atoms with Crippen LogP contribution in [0.2, 0.25) is 0 Å². The van der Waals surface area contributed by atoms with E-state index in [1.807, 2.05) is 0 Å². The zero-order valence-electron chi connectivity index (χ0n) is 7.58. The highest BCUT2D eigenvalue weighted by molar-refractivity contribution is 5.19. The maximum Gasteiger partial charge on any atom is 0.117 e. The number of piperidine rings is 2. The largest absolute Gasteiger partial charge is 0.376 e. The molecule has 0 aromatic carbocycles. The van der Waals surface area contributed by atoms with E-state index in [4.69, 9.17) is 5.26 Å². The normalized spacial score (nSPS) is 57.8. The van der Waals surface area contributed by atoms with Gasteiger partial charge in [-0.05, 0) is 43.9 Å². The van der Waals surface area contributed by atoms with Gasteiger partial charge in [-0.2, -0.15) is 5.26 Å². The molecule has 2 saturated heterocycles. The van der Waals surface area contributed by atoms with Crippen LogP contribution >= 0.6 is 0 Å². The highest BCUT2D eigenvalue weighted by Gasteiger charge is 2.57. The van der Waals surface area contributed by atoms with Crippen LogP contribution in [0, 0.1) is 23.2 Å².